The molecule has 0 aliphatic carbocycles. The molecular formula is C22H20F3N3O4. The molecule has 0 radical (unpaired) electrons. The van der Waals surface area contributed by atoms with Crippen LogP contribution < -0.4 is 10.2 Å². The van der Waals surface area contributed by atoms with Crippen molar-refractivity contribution in [1.29, 1.82) is 0 Å². The number of rotatable bonds is 3. The van der Waals surface area contributed by atoms with Gasteiger partial charge in [-0.25, -0.2) is 4.79 Å². The van der Waals surface area contributed by atoms with Crippen molar-refractivity contribution in [2.75, 3.05) is 0 Å². The van der Waals surface area contributed by atoms with Gasteiger partial charge in [-0.2, -0.15) is 5.10 Å². The zero-order valence-corrected chi connectivity index (χ0v) is 17.5. The van der Waals surface area contributed by atoms with Crippen molar-refractivity contribution in [3.8, 4) is 28.4 Å². The number of pyridine rings is 1. The first-order valence-corrected chi connectivity index (χ1v) is 9.77. The molecule has 1 atom stereocenters. The molecule has 0 bridgehead atoms. The predicted molar refractivity (Wildman–Crippen MR) is 109 cm³/mol. The lowest BCUT2D eigenvalue weighted by atomic mass is 9.85. The standard InChI is InChI=1S/C22H20F3N3O4/c1-21(2,3)19-11-28-17(16-9-18(29)14(20(30)31)10-27(16)19)8-15(26-28)12-4-6-13(7-5-12)32-22(23,24)25/h4-10,19H,11H2,1-3H3,(H,30,31)/t19-/m0/s1. The number of hydrogen-bond acceptors (Lipinski definition) is 4. The summed E-state index contributed by atoms with van der Waals surface area (Å²) in [5.41, 5.74) is 1.03. The number of halogens is 3. The summed E-state index contributed by atoms with van der Waals surface area (Å²) in [6.07, 6.45) is -3.40. The van der Waals surface area contributed by atoms with Gasteiger partial charge in [-0.15, -0.1) is 13.2 Å². The molecule has 0 amide bonds. The number of nitrogens with zero attached hydrogens (tertiary/aromatic N) is 3. The van der Waals surface area contributed by atoms with Crippen LogP contribution in [0.4, 0.5) is 13.2 Å². The van der Waals surface area contributed by atoms with E-state index >= 15 is 0 Å². The average Bonchev–Trinajstić information content (AvgIpc) is 3.09. The summed E-state index contributed by atoms with van der Waals surface area (Å²) in [6.45, 7) is 6.46. The van der Waals surface area contributed by atoms with E-state index in [9.17, 15) is 27.9 Å². The van der Waals surface area contributed by atoms with Gasteiger partial charge in [0.2, 0.25) is 0 Å². The number of hydrogen-bond donors (Lipinski definition) is 1. The van der Waals surface area contributed by atoms with Crippen molar-refractivity contribution in [3.05, 3.63) is 58.4 Å². The van der Waals surface area contributed by atoms with Gasteiger partial charge < -0.3 is 14.4 Å². The third kappa shape index (κ3) is 4.00. The Balaban J connectivity index is 1.80. The maximum atomic E-state index is 12.4. The fraction of sp³-hybridized carbons (Fsp3) is 0.318. The lowest BCUT2D eigenvalue weighted by Gasteiger charge is -2.38. The van der Waals surface area contributed by atoms with Crippen molar-refractivity contribution in [2.45, 2.75) is 39.7 Å². The Bertz CT molecular complexity index is 1250. The first-order chi connectivity index (χ1) is 14.8. The smallest absolute Gasteiger partial charge is 0.477 e. The fourth-order valence-electron chi connectivity index (χ4n) is 3.85. The summed E-state index contributed by atoms with van der Waals surface area (Å²) in [6, 6.07) is 8.18. The molecule has 0 spiro atoms. The Morgan fingerprint density at radius 2 is 1.78 bits per heavy atom. The number of benzene rings is 1. The third-order valence-corrected chi connectivity index (χ3v) is 5.42. The van der Waals surface area contributed by atoms with Crippen LogP contribution in [-0.4, -0.2) is 31.8 Å². The van der Waals surface area contributed by atoms with Crippen LogP contribution in [0.25, 0.3) is 22.6 Å². The van der Waals surface area contributed by atoms with Crippen molar-refractivity contribution < 1.29 is 27.8 Å². The van der Waals surface area contributed by atoms with E-state index in [0.29, 0.717) is 29.2 Å². The maximum absolute atomic E-state index is 12.4. The molecule has 7 nitrogen and oxygen atoms in total. The van der Waals surface area contributed by atoms with Crippen LogP contribution in [0.2, 0.25) is 0 Å². The second-order valence-corrected chi connectivity index (χ2v) is 8.70. The van der Waals surface area contributed by atoms with Crippen LogP contribution >= 0.6 is 0 Å². The monoisotopic (exact) mass is 447 g/mol. The van der Waals surface area contributed by atoms with Gasteiger partial charge in [0.25, 0.3) is 0 Å². The quantitative estimate of drug-likeness (QED) is 0.635. The van der Waals surface area contributed by atoms with Gasteiger partial charge in [-0.05, 0) is 35.7 Å². The molecule has 1 N–H and O–H groups in total. The van der Waals surface area contributed by atoms with Crippen molar-refractivity contribution in [3.63, 3.8) is 0 Å². The van der Waals surface area contributed by atoms with Crippen molar-refractivity contribution >= 4 is 5.97 Å². The first kappa shape index (κ1) is 21.7. The third-order valence-electron chi connectivity index (χ3n) is 5.42. The lowest BCUT2D eigenvalue weighted by Crippen LogP contribution is -2.35. The summed E-state index contributed by atoms with van der Waals surface area (Å²) in [7, 11) is 0. The summed E-state index contributed by atoms with van der Waals surface area (Å²) >= 11 is 0. The van der Waals surface area contributed by atoms with Crippen LogP contribution in [-0.2, 0) is 6.54 Å². The molecule has 4 rings (SSSR count). The topological polar surface area (TPSA) is 86.3 Å². The van der Waals surface area contributed by atoms with E-state index < -0.39 is 17.8 Å². The molecule has 168 valence electrons. The highest BCUT2D eigenvalue weighted by atomic mass is 19.4. The van der Waals surface area contributed by atoms with Crippen LogP contribution in [0.3, 0.4) is 0 Å². The molecule has 1 aromatic carbocycles. The maximum Gasteiger partial charge on any atom is 0.573 e. The first-order valence-electron chi connectivity index (χ1n) is 9.77. The Morgan fingerprint density at radius 1 is 1.12 bits per heavy atom. The van der Waals surface area contributed by atoms with Crippen molar-refractivity contribution in [1.82, 2.24) is 14.3 Å². The number of aromatic carboxylic acids is 1. The number of carboxylic acids is 1. The van der Waals surface area contributed by atoms with Gasteiger partial charge in [0.05, 0.1) is 29.7 Å². The molecule has 10 heteroatoms. The molecule has 1 aliphatic heterocycles. The van der Waals surface area contributed by atoms with Crippen LogP contribution in [0.1, 0.15) is 37.2 Å². The minimum absolute atomic E-state index is 0.181. The molecule has 1 aliphatic rings. The molecule has 0 unspecified atom stereocenters. The van der Waals surface area contributed by atoms with Gasteiger partial charge in [0.1, 0.15) is 11.3 Å². The number of carbonyl (C=O) groups is 1. The van der Waals surface area contributed by atoms with E-state index in [1.807, 2.05) is 20.8 Å². The molecular weight excluding hydrogens is 427 g/mol. The van der Waals surface area contributed by atoms with Crippen LogP contribution in [0.15, 0.2) is 47.4 Å². The van der Waals surface area contributed by atoms with E-state index in [4.69, 9.17) is 0 Å². The molecule has 0 saturated carbocycles. The summed E-state index contributed by atoms with van der Waals surface area (Å²) < 4.78 is 44.6. The molecule has 32 heavy (non-hydrogen) atoms. The van der Waals surface area contributed by atoms with E-state index in [1.165, 1.54) is 36.5 Å². The van der Waals surface area contributed by atoms with Gasteiger partial charge in [0.15, 0.2) is 5.43 Å². The highest BCUT2D eigenvalue weighted by Gasteiger charge is 2.35. The van der Waals surface area contributed by atoms with Gasteiger partial charge in [-0.1, -0.05) is 20.8 Å². The van der Waals surface area contributed by atoms with Gasteiger partial charge >= 0.3 is 12.3 Å². The highest BCUT2D eigenvalue weighted by molar-refractivity contribution is 5.87. The van der Waals surface area contributed by atoms with E-state index in [1.54, 1.807) is 15.3 Å². The van der Waals surface area contributed by atoms with E-state index in [-0.39, 0.29) is 22.8 Å². The van der Waals surface area contributed by atoms with Gasteiger partial charge in [0, 0.05) is 17.8 Å². The van der Waals surface area contributed by atoms with Gasteiger partial charge in [-0.3, -0.25) is 9.48 Å². The minimum atomic E-state index is -4.78. The number of ether oxygens (including phenoxy) is 1. The fourth-order valence-corrected chi connectivity index (χ4v) is 3.85. The van der Waals surface area contributed by atoms with Crippen molar-refractivity contribution in [2.24, 2.45) is 5.41 Å². The molecule has 3 aromatic rings. The number of carboxylic acid groups (broad SMARTS) is 1. The Hall–Kier alpha value is -3.56. The normalized spacial score (nSPS) is 15.8. The lowest BCUT2D eigenvalue weighted by molar-refractivity contribution is -0.274. The summed E-state index contributed by atoms with van der Waals surface area (Å²) in [5, 5.41) is 14.0. The highest BCUT2D eigenvalue weighted by Crippen LogP contribution is 2.40. The summed E-state index contributed by atoms with van der Waals surface area (Å²) in [4.78, 5) is 23.9. The Labute approximate surface area is 180 Å². The zero-order chi connectivity index (χ0) is 23.4. The second-order valence-electron chi connectivity index (χ2n) is 8.70. The second kappa shape index (κ2) is 7.25. The number of aromatic nitrogens is 3. The molecule has 0 saturated heterocycles. The van der Waals surface area contributed by atoms with Crippen LogP contribution in [0.5, 0.6) is 5.75 Å². The molecule has 3 heterocycles. The van der Waals surface area contributed by atoms with E-state index in [2.05, 4.69) is 9.84 Å². The Morgan fingerprint density at radius 3 is 2.34 bits per heavy atom. The Kier molecular flexibility index (Phi) is 4.91. The molecule has 2 aromatic heterocycles. The SMILES string of the molecule is CC(C)(C)[C@@H]1Cn2nc(-c3ccc(OC(F)(F)F)cc3)cc2-c2cc(=O)c(C(=O)O)cn21. The number of fused-ring (bicyclic) bond motifs is 3. The zero-order valence-electron chi connectivity index (χ0n) is 17.5. The minimum Gasteiger partial charge on any atom is -0.477 e. The van der Waals surface area contributed by atoms with E-state index in [0.717, 1.165) is 0 Å². The molecule has 0 fully saturated rings. The number of alkyl halides is 3. The van der Waals surface area contributed by atoms with Crippen LogP contribution in [0, 0.1) is 5.41 Å². The predicted octanol–water partition coefficient (Wildman–Crippen LogP) is 4.58. The summed E-state index contributed by atoms with van der Waals surface area (Å²) in [5.74, 6) is -1.63. The average molecular weight is 447 g/mol. The largest absolute Gasteiger partial charge is 0.573 e.